The molecule has 0 saturated carbocycles. The van der Waals surface area contributed by atoms with Crippen molar-refractivity contribution in [3.05, 3.63) is 23.9 Å². The lowest BCUT2D eigenvalue weighted by molar-refractivity contribution is 0.417. The number of nitriles is 2. The van der Waals surface area contributed by atoms with Crippen molar-refractivity contribution >= 4 is 0 Å². The van der Waals surface area contributed by atoms with Crippen molar-refractivity contribution in [2.45, 2.75) is 13.8 Å². The number of allylic oxidation sites excluding steroid dienone is 3. The van der Waals surface area contributed by atoms with Crippen LogP contribution in [-0.2, 0) is 0 Å². The molecule has 0 aliphatic carbocycles. The van der Waals surface area contributed by atoms with Crippen LogP contribution >= 0.6 is 0 Å². The average Bonchev–Trinajstić information content (AvgIpc) is 2.19. The van der Waals surface area contributed by atoms with Crippen molar-refractivity contribution in [3.8, 4) is 12.1 Å². The van der Waals surface area contributed by atoms with Gasteiger partial charge in [-0.15, -0.1) is 0 Å². The second-order valence-electron chi connectivity index (χ2n) is 2.38. The van der Waals surface area contributed by atoms with Gasteiger partial charge in [-0.2, -0.15) is 10.5 Å². The van der Waals surface area contributed by atoms with Gasteiger partial charge < -0.3 is 4.90 Å². The molecule has 0 atom stereocenters. The first-order chi connectivity index (χ1) is 6.28. The lowest BCUT2D eigenvalue weighted by Crippen LogP contribution is -2.15. The highest BCUT2D eigenvalue weighted by atomic mass is 15.1. The molecule has 3 heteroatoms. The Morgan fingerprint density at radius 1 is 1.31 bits per heavy atom. The molecule has 0 heterocycles. The zero-order valence-corrected chi connectivity index (χ0v) is 7.99. The molecule has 68 valence electrons. The second-order valence-corrected chi connectivity index (χ2v) is 2.38. The van der Waals surface area contributed by atoms with Crippen LogP contribution < -0.4 is 0 Å². The lowest BCUT2D eigenvalue weighted by Gasteiger charge is -2.14. The fraction of sp³-hybridized carbons (Fsp3) is 0.400. The summed E-state index contributed by atoms with van der Waals surface area (Å²) < 4.78 is 0. The average molecular weight is 175 g/mol. The molecule has 0 aliphatic heterocycles. The quantitative estimate of drug-likeness (QED) is 0.483. The Morgan fingerprint density at radius 3 is 2.31 bits per heavy atom. The van der Waals surface area contributed by atoms with Gasteiger partial charge >= 0.3 is 0 Å². The van der Waals surface area contributed by atoms with Gasteiger partial charge in [-0.3, -0.25) is 0 Å². The predicted molar refractivity (Wildman–Crippen MR) is 51.4 cm³/mol. The van der Waals surface area contributed by atoms with Crippen LogP contribution in [0.2, 0.25) is 0 Å². The Bertz CT molecular complexity index is 272. The van der Waals surface area contributed by atoms with Gasteiger partial charge in [0.1, 0.15) is 6.07 Å². The minimum Gasteiger partial charge on any atom is -0.377 e. The zero-order chi connectivity index (χ0) is 10.1. The molecule has 0 N–H and O–H groups in total. The van der Waals surface area contributed by atoms with Crippen molar-refractivity contribution in [3.63, 3.8) is 0 Å². The molecule has 0 aromatic carbocycles. The molecule has 0 aromatic rings. The van der Waals surface area contributed by atoms with Gasteiger partial charge in [0.05, 0.1) is 11.6 Å². The SMILES string of the molecule is CCN(C=C(C#N)C=CC#N)CC. The molecule has 0 amide bonds. The molecule has 13 heavy (non-hydrogen) atoms. The van der Waals surface area contributed by atoms with Gasteiger partial charge in [0.15, 0.2) is 0 Å². The molecule has 0 rings (SSSR count). The summed E-state index contributed by atoms with van der Waals surface area (Å²) in [5, 5.41) is 17.0. The summed E-state index contributed by atoms with van der Waals surface area (Å²) in [6, 6.07) is 3.87. The molecule has 0 fully saturated rings. The maximum atomic E-state index is 8.69. The Hall–Kier alpha value is -1.74. The summed E-state index contributed by atoms with van der Waals surface area (Å²) in [4.78, 5) is 2.00. The summed E-state index contributed by atoms with van der Waals surface area (Å²) in [6.45, 7) is 5.76. The van der Waals surface area contributed by atoms with E-state index in [-0.39, 0.29) is 0 Å². The van der Waals surface area contributed by atoms with Gasteiger partial charge in [-0.1, -0.05) is 0 Å². The normalized spacial score (nSPS) is 10.9. The van der Waals surface area contributed by atoms with Crippen LogP contribution in [0.25, 0.3) is 0 Å². The van der Waals surface area contributed by atoms with Crippen molar-refractivity contribution in [2.24, 2.45) is 0 Å². The van der Waals surface area contributed by atoms with Crippen LogP contribution in [0.15, 0.2) is 23.9 Å². The standard InChI is InChI=1S/C10H13N3/c1-3-13(4-2)9-10(8-12)6-5-7-11/h5-6,9H,3-4H2,1-2H3. The molecule has 0 radical (unpaired) electrons. The number of rotatable bonds is 4. The third-order valence-corrected chi connectivity index (χ3v) is 1.60. The maximum Gasteiger partial charge on any atom is 0.101 e. The minimum atomic E-state index is 0.505. The van der Waals surface area contributed by atoms with E-state index in [0.29, 0.717) is 5.57 Å². The van der Waals surface area contributed by atoms with Gasteiger partial charge in [0.2, 0.25) is 0 Å². The first kappa shape index (κ1) is 11.3. The second kappa shape index (κ2) is 6.94. The Balaban J connectivity index is 4.49. The Morgan fingerprint density at radius 2 is 1.92 bits per heavy atom. The molecule has 0 aliphatic rings. The van der Waals surface area contributed by atoms with E-state index in [0.717, 1.165) is 13.1 Å². The van der Waals surface area contributed by atoms with Crippen LogP contribution in [0.3, 0.4) is 0 Å². The van der Waals surface area contributed by atoms with E-state index in [1.165, 1.54) is 12.2 Å². The molecule has 3 nitrogen and oxygen atoms in total. The summed E-state index contributed by atoms with van der Waals surface area (Å²) in [6.07, 6.45) is 4.57. The van der Waals surface area contributed by atoms with E-state index in [4.69, 9.17) is 10.5 Å². The van der Waals surface area contributed by atoms with Crippen LogP contribution in [0, 0.1) is 22.7 Å². The first-order valence-corrected chi connectivity index (χ1v) is 4.20. The number of nitrogens with zero attached hydrogens (tertiary/aromatic N) is 3. The monoisotopic (exact) mass is 175 g/mol. The van der Waals surface area contributed by atoms with Gasteiger partial charge in [-0.05, 0) is 19.9 Å². The van der Waals surface area contributed by atoms with E-state index in [2.05, 4.69) is 0 Å². The van der Waals surface area contributed by atoms with E-state index in [9.17, 15) is 0 Å². The van der Waals surface area contributed by atoms with Gasteiger partial charge in [0, 0.05) is 25.4 Å². The smallest absolute Gasteiger partial charge is 0.101 e. The van der Waals surface area contributed by atoms with E-state index in [1.807, 2.05) is 30.9 Å². The minimum absolute atomic E-state index is 0.505. The number of hydrogen-bond donors (Lipinski definition) is 0. The largest absolute Gasteiger partial charge is 0.377 e. The van der Waals surface area contributed by atoms with Crippen LogP contribution in [-0.4, -0.2) is 18.0 Å². The fourth-order valence-electron chi connectivity index (χ4n) is 0.839. The lowest BCUT2D eigenvalue weighted by atomic mass is 10.3. The molecular formula is C10H13N3. The van der Waals surface area contributed by atoms with Gasteiger partial charge in [-0.25, -0.2) is 0 Å². The highest BCUT2D eigenvalue weighted by Gasteiger charge is 1.94. The third kappa shape index (κ3) is 4.66. The van der Waals surface area contributed by atoms with E-state index < -0.39 is 0 Å². The van der Waals surface area contributed by atoms with Crippen molar-refractivity contribution in [1.82, 2.24) is 4.90 Å². The summed E-state index contributed by atoms with van der Waals surface area (Å²) in [5.74, 6) is 0. The number of hydrogen-bond acceptors (Lipinski definition) is 3. The topological polar surface area (TPSA) is 50.8 Å². The van der Waals surface area contributed by atoms with Crippen molar-refractivity contribution in [1.29, 1.82) is 10.5 Å². The van der Waals surface area contributed by atoms with Gasteiger partial charge in [0.25, 0.3) is 0 Å². The highest BCUT2D eigenvalue weighted by molar-refractivity contribution is 5.34. The molecule has 0 saturated heterocycles. The molecule has 0 bridgehead atoms. The summed E-state index contributed by atoms with van der Waals surface area (Å²) in [7, 11) is 0. The molecule has 0 unspecified atom stereocenters. The fourth-order valence-corrected chi connectivity index (χ4v) is 0.839. The summed E-state index contributed by atoms with van der Waals surface area (Å²) in [5.41, 5.74) is 0.505. The van der Waals surface area contributed by atoms with E-state index >= 15 is 0 Å². The van der Waals surface area contributed by atoms with Crippen LogP contribution in [0.4, 0.5) is 0 Å². The Labute approximate surface area is 79.2 Å². The van der Waals surface area contributed by atoms with Crippen molar-refractivity contribution in [2.75, 3.05) is 13.1 Å². The zero-order valence-electron chi connectivity index (χ0n) is 7.99. The van der Waals surface area contributed by atoms with Crippen LogP contribution in [0.1, 0.15) is 13.8 Å². The molecule has 0 spiro atoms. The highest BCUT2D eigenvalue weighted by Crippen LogP contribution is 1.98. The Kier molecular flexibility index (Phi) is 6.01. The molecular weight excluding hydrogens is 162 g/mol. The molecule has 0 aromatic heterocycles. The summed E-state index contributed by atoms with van der Waals surface area (Å²) >= 11 is 0. The first-order valence-electron chi connectivity index (χ1n) is 4.20. The van der Waals surface area contributed by atoms with E-state index in [1.54, 1.807) is 6.20 Å². The maximum absolute atomic E-state index is 8.69. The predicted octanol–water partition coefficient (Wildman–Crippen LogP) is 1.82. The van der Waals surface area contributed by atoms with Crippen molar-refractivity contribution < 1.29 is 0 Å². The van der Waals surface area contributed by atoms with Crippen LogP contribution in [0.5, 0.6) is 0 Å². The third-order valence-electron chi connectivity index (χ3n) is 1.60.